The second kappa shape index (κ2) is 8.29. The van der Waals surface area contributed by atoms with Crippen LogP contribution >= 0.6 is 46.4 Å². The van der Waals surface area contributed by atoms with Crippen molar-refractivity contribution in [2.75, 3.05) is 0 Å². The first-order valence-corrected chi connectivity index (χ1v) is 10.0. The number of allylic oxidation sites excluding steroid dienone is 1. The van der Waals surface area contributed by atoms with Gasteiger partial charge in [0.1, 0.15) is 18.1 Å². The Balaban J connectivity index is 1.55. The summed E-state index contributed by atoms with van der Waals surface area (Å²) < 4.78 is 11.5. The summed E-state index contributed by atoms with van der Waals surface area (Å²) in [5, 5.41) is 1.99. The van der Waals surface area contributed by atoms with Crippen LogP contribution in [0.3, 0.4) is 0 Å². The zero-order chi connectivity index (χ0) is 20.5. The standard InChI is InChI=1S/C22H12Cl4O3/c23-13-5-4-12(19(26)9-13)8-21-22(27)15-7-6-14(10-20(15)29-21)28-11-16-17(24)2-1-3-18(16)25/h1-10H,11H2/b21-8-. The van der Waals surface area contributed by atoms with Gasteiger partial charge in [-0.05, 0) is 48.0 Å². The molecule has 1 heterocycles. The first-order valence-electron chi connectivity index (χ1n) is 8.51. The number of Topliss-reactive ketones (excluding diaryl/α,β-unsaturated/α-hetero) is 1. The fraction of sp³-hybridized carbons (Fsp3) is 0.0455. The lowest BCUT2D eigenvalue weighted by Gasteiger charge is -2.10. The van der Waals surface area contributed by atoms with E-state index in [1.807, 2.05) is 0 Å². The minimum atomic E-state index is -0.230. The van der Waals surface area contributed by atoms with Crippen LogP contribution in [0.25, 0.3) is 6.08 Å². The molecule has 0 aliphatic carbocycles. The Bertz CT molecular complexity index is 1130. The summed E-state index contributed by atoms with van der Waals surface area (Å²) in [6.07, 6.45) is 1.59. The second-order valence-electron chi connectivity index (χ2n) is 6.25. The Kier molecular flexibility index (Phi) is 5.75. The van der Waals surface area contributed by atoms with Crippen molar-refractivity contribution in [1.29, 1.82) is 0 Å². The molecule has 0 amide bonds. The van der Waals surface area contributed by atoms with Crippen LogP contribution in [-0.2, 0) is 6.61 Å². The number of ether oxygens (including phenoxy) is 2. The summed E-state index contributed by atoms with van der Waals surface area (Å²) in [6, 6.07) is 15.3. The minimum absolute atomic E-state index is 0.176. The van der Waals surface area contributed by atoms with Crippen LogP contribution in [0.2, 0.25) is 20.1 Å². The molecule has 0 aromatic heterocycles. The van der Waals surface area contributed by atoms with E-state index in [9.17, 15) is 4.79 Å². The Morgan fingerprint density at radius 1 is 0.897 bits per heavy atom. The molecule has 1 aliphatic heterocycles. The van der Waals surface area contributed by atoms with Crippen molar-refractivity contribution in [3.05, 3.63) is 97.1 Å². The Morgan fingerprint density at radius 3 is 2.38 bits per heavy atom. The average Bonchev–Trinajstić information content (AvgIpc) is 2.99. The molecule has 0 spiro atoms. The SMILES string of the molecule is O=C1/C(=C/c2ccc(Cl)cc2Cl)Oc2cc(OCc3c(Cl)cccc3Cl)ccc21. The van der Waals surface area contributed by atoms with Gasteiger partial charge in [-0.3, -0.25) is 4.79 Å². The van der Waals surface area contributed by atoms with Gasteiger partial charge in [0.05, 0.1) is 5.56 Å². The van der Waals surface area contributed by atoms with Gasteiger partial charge in [-0.1, -0.05) is 58.5 Å². The lowest BCUT2D eigenvalue weighted by molar-refractivity contribution is 0.101. The smallest absolute Gasteiger partial charge is 0.231 e. The van der Waals surface area contributed by atoms with Crippen LogP contribution in [-0.4, -0.2) is 5.78 Å². The molecule has 29 heavy (non-hydrogen) atoms. The van der Waals surface area contributed by atoms with Gasteiger partial charge in [-0.2, -0.15) is 0 Å². The number of hydrogen-bond donors (Lipinski definition) is 0. The van der Waals surface area contributed by atoms with Crippen molar-refractivity contribution >= 4 is 58.3 Å². The van der Waals surface area contributed by atoms with Gasteiger partial charge in [-0.15, -0.1) is 0 Å². The van der Waals surface area contributed by atoms with Crippen molar-refractivity contribution in [2.24, 2.45) is 0 Å². The van der Waals surface area contributed by atoms with Crippen molar-refractivity contribution in [3.8, 4) is 11.5 Å². The lowest BCUT2D eigenvalue weighted by Crippen LogP contribution is -1.98. The summed E-state index contributed by atoms with van der Waals surface area (Å²) in [6.45, 7) is 0.189. The van der Waals surface area contributed by atoms with E-state index in [4.69, 9.17) is 55.9 Å². The first-order chi connectivity index (χ1) is 13.9. The van der Waals surface area contributed by atoms with Gasteiger partial charge < -0.3 is 9.47 Å². The average molecular weight is 466 g/mol. The highest BCUT2D eigenvalue weighted by molar-refractivity contribution is 6.36. The summed E-state index contributed by atoms with van der Waals surface area (Å²) >= 11 is 24.4. The molecule has 7 heteroatoms. The molecule has 3 aromatic rings. The molecule has 0 fully saturated rings. The van der Waals surface area contributed by atoms with Crippen molar-refractivity contribution in [3.63, 3.8) is 0 Å². The van der Waals surface area contributed by atoms with E-state index in [0.29, 0.717) is 48.3 Å². The summed E-state index contributed by atoms with van der Waals surface area (Å²) in [5.41, 5.74) is 1.77. The molecule has 0 radical (unpaired) electrons. The van der Waals surface area contributed by atoms with Crippen LogP contribution in [0.4, 0.5) is 0 Å². The van der Waals surface area contributed by atoms with Crippen LogP contribution in [0.15, 0.2) is 60.4 Å². The van der Waals surface area contributed by atoms with Gasteiger partial charge in [0.2, 0.25) is 5.78 Å². The molecular weight excluding hydrogens is 454 g/mol. The van der Waals surface area contributed by atoms with Gasteiger partial charge in [0.15, 0.2) is 5.76 Å². The van der Waals surface area contributed by atoms with Crippen molar-refractivity contribution in [1.82, 2.24) is 0 Å². The van der Waals surface area contributed by atoms with Crippen molar-refractivity contribution < 1.29 is 14.3 Å². The second-order valence-corrected chi connectivity index (χ2v) is 7.91. The van der Waals surface area contributed by atoms with Gasteiger partial charge in [0.25, 0.3) is 0 Å². The minimum Gasteiger partial charge on any atom is -0.489 e. The van der Waals surface area contributed by atoms with Gasteiger partial charge in [0, 0.05) is 31.7 Å². The maximum absolute atomic E-state index is 12.6. The molecule has 1 aliphatic rings. The van der Waals surface area contributed by atoms with Crippen molar-refractivity contribution in [2.45, 2.75) is 6.61 Å². The molecule has 0 N–H and O–H groups in total. The summed E-state index contributed by atoms with van der Waals surface area (Å²) in [5.74, 6) is 0.884. The molecular formula is C22H12Cl4O3. The fourth-order valence-corrected chi connectivity index (χ4v) is 3.81. The third-order valence-corrected chi connectivity index (χ3v) is 5.61. The molecule has 0 unspecified atom stereocenters. The quantitative estimate of drug-likeness (QED) is 0.374. The largest absolute Gasteiger partial charge is 0.489 e. The Labute approximate surface area is 187 Å². The van der Waals surface area contributed by atoms with E-state index in [2.05, 4.69) is 0 Å². The van der Waals surface area contributed by atoms with Crippen LogP contribution in [0.1, 0.15) is 21.5 Å². The van der Waals surface area contributed by atoms with Crippen LogP contribution in [0.5, 0.6) is 11.5 Å². The molecule has 0 atom stereocenters. The molecule has 0 bridgehead atoms. The normalized spacial score (nSPS) is 14.1. The van der Waals surface area contributed by atoms with E-state index in [1.54, 1.807) is 60.7 Å². The number of rotatable bonds is 4. The zero-order valence-electron chi connectivity index (χ0n) is 14.7. The molecule has 146 valence electrons. The number of hydrogen-bond acceptors (Lipinski definition) is 3. The van der Waals surface area contributed by atoms with Crippen LogP contribution < -0.4 is 9.47 Å². The van der Waals surface area contributed by atoms with Gasteiger partial charge >= 0.3 is 0 Å². The number of fused-ring (bicyclic) bond motifs is 1. The Hall–Kier alpha value is -2.17. The summed E-state index contributed by atoms with van der Waals surface area (Å²) in [7, 11) is 0. The number of carbonyl (C=O) groups excluding carboxylic acids is 1. The predicted molar refractivity (Wildman–Crippen MR) is 117 cm³/mol. The van der Waals surface area contributed by atoms with E-state index >= 15 is 0 Å². The predicted octanol–water partition coefficient (Wildman–Crippen LogP) is 7.50. The highest BCUT2D eigenvalue weighted by Crippen LogP contribution is 2.36. The summed E-state index contributed by atoms with van der Waals surface area (Å²) in [4.78, 5) is 12.6. The molecule has 3 aromatic carbocycles. The molecule has 0 saturated heterocycles. The van der Waals surface area contributed by atoms with E-state index < -0.39 is 0 Å². The Morgan fingerprint density at radius 2 is 1.66 bits per heavy atom. The number of halogens is 4. The van der Waals surface area contributed by atoms with Gasteiger partial charge in [-0.25, -0.2) is 0 Å². The number of benzene rings is 3. The third kappa shape index (κ3) is 4.24. The third-order valence-electron chi connectivity index (χ3n) is 4.34. The number of carbonyl (C=O) groups is 1. The lowest BCUT2D eigenvalue weighted by atomic mass is 10.1. The number of ketones is 1. The highest BCUT2D eigenvalue weighted by atomic mass is 35.5. The maximum atomic E-state index is 12.6. The molecule has 0 saturated carbocycles. The van der Waals surface area contributed by atoms with E-state index in [1.165, 1.54) is 0 Å². The topological polar surface area (TPSA) is 35.5 Å². The monoisotopic (exact) mass is 464 g/mol. The fourth-order valence-electron chi connectivity index (χ4n) is 2.84. The molecule has 3 nitrogen and oxygen atoms in total. The highest BCUT2D eigenvalue weighted by Gasteiger charge is 2.28. The maximum Gasteiger partial charge on any atom is 0.231 e. The first kappa shape index (κ1) is 20.1. The van der Waals surface area contributed by atoms with Crippen LogP contribution in [0, 0.1) is 0 Å². The zero-order valence-corrected chi connectivity index (χ0v) is 17.7. The molecule has 4 rings (SSSR count). The van der Waals surface area contributed by atoms with E-state index in [0.717, 1.165) is 0 Å². The van der Waals surface area contributed by atoms with E-state index in [-0.39, 0.29) is 18.1 Å².